The van der Waals surface area contributed by atoms with E-state index in [1.807, 2.05) is 31.2 Å². The van der Waals surface area contributed by atoms with Gasteiger partial charge in [0.25, 0.3) is 0 Å². The highest BCUT2D eigenvalue weighted by Crippen LogP contribution is 2.12. The summed E-state index contributed by atoms with van der Waals surface area (Å²) in [6.07, 6.45) is 3.28. The summed E-state index contributed by atoms with van der Waals surface area (Å²) in [7, 11) is 0. The Morgan fingerprint density at radius 2 is 2.10 bits per heavy atom. The zero-order valence-electron chi connectivity index (χ0n) is 11.0. The molecule has 0 saturated carbocycles. The van der Waals surface area contributed by atoms with E-state index in [4.69, 9.17) is 0 Å². The van der Waals surface area contributed by atoms with Crippen molar-refractivity contribution in [1.29, 1.82) is 0 Å². The summed E-state index contributed by atoms with van der Waals surface area (Å²) in [5, 5.41) is 16.0. The number of aryl methyl sites for hydroxylation is 1. The first kappa shape index (κ1) is 12.3. The molecule has 7 nitrogen and oxygen atoms in total. The molecule has 0 aliphatic carbocycles. The lowest BCUT2D eigenvalue weighted by atomic mass is 10.2. The van der Waals surface area contributed by atoms with Gasteiger partial charge in [-0.15, -0.1) is 5.10 Å². The van der Waals surface area contributed by atoms with Gasteiger partial charge in [-0.1, -0.05) is 18.2 Å². The molecule has 1 amide bonds. The van der Waals surface area contributed by atoms with Gasteiger partial charge in [0.1, 0.15) is 6.54 Å². The Hall–Kier alpha value is -2.70. The second-order valence-electron chi connectivity index (χ2n) is 4.33. The lowest BCUT2D eigenvalue weighted by Crippen LogP contribution is -2.19. The maximum atomic E-state index is 12.0. The molecular weight excluding hydrogens is 256 g/mol. The summed E-state index contributed by atoms with van der Waals surface area (Å²) < 4.78 is 1.66. The molecule has 20 heavy (non-hydrogen) atoms. The van der Waals surface area contributed by atoms with Crippen molar-refractivity contribution in [3.05, 3.63) is 36.7 Å². The number of rotatable bonds is 4. The second-order valence-corrected chi connectivity index (χ2v) is 4.33. The zero-order valence-corrected chi connectivity index (χ0v) is 11.0. The molecule has 3 aromatic rings. The van der Waals surface area contributed by atoms with E-state index in [1.54, 1.807) is 10.9 Å². The maximum absolute atomic E-state index is 12.0. The smallest absolute Gasteiger partial charge is 0.247 e. The van der Waals surface area contributed by atoms with Gasteiger partial charge in [0.15, 0.2) is 5.82 Å². The topological polar surface area (TPSA) is 77.6 Å². The van der Waals surface area contributed by atoms with Gasteiger partial charge in [-0.05, 0) is 13.0 Å². The summed E-state index contributed by atoms with van der Waals surface area (Å²) in [6, 6.07) is 7.76. The number of fused-ring (bicyclic) bond motifs is 1. The van der Waals surface area contributed by atoms with Crippen molar-refractivity contribution < 1.29 is 4.79 Å². The highest BCUT2D eigenvalue weighted by molar-refractivity contribution is 5.90. The number of anilines is 1. The Labute approximate surface area is 115 Å². The third-order valence-corrected chi connectivity index (χ3v) is 2.93. The first-order valence-corrected chi connectivity index (χ1v) is 6.37. The number of carbonyl (C=O) groups excluding carboxylic acids is 1. The number of benzene rings is 1. The summed E-state index contributed by atoms with van der Waals surface area (Å²) in [5.74, 6) is 0.273. The highest BCUT2D eigenvalue weighted by atomic mass is 16.2. The third kappa shape index (κ3) is 2.37. The minimum Gasteiger partial charge on any atom is -0.306 e. The van der Waals surface area contributed by atoms with Crippen LogP contribution in [0.15, 0.2) is 36.7 Å². The minimum atomic E-state index is -0.179. The lowest BCUT2D eigenvalue weighted by Gasteiger charge is -2.03. The molecule has 0 saturated heterocycles. The molecule has 0 aliphatic rings. The van der Waals surface area contributed by atoms with Gasteiger partial charge in [-0.3, -0.25) is 9.48 Å². The van der Waals surface area contributed by atoms with Crippen LogP contribution in [0.3, 0.4) is 0 Å². The van der Waals surface area contributed by atoms with Crippen molar-refractivity contribution in [3.63, 3.8) is 0 Å². The predicted molar refractivity (Wildman–Crippen MR) is 74.1 cm³/mol. The molecular formula is C13H14N6O. The largest absolute Gasteiger partial charge is 0.306 e. The van der Waals surface area contributed by atoms with Crippen LogP contribution in [0.25, 0.3) is 10.9 Å². The van der Waals surface area contributed by atoms with E-state index in [1.165, 1.54) is 11.0 Å². The molecule has 3 rings (SSSR count). The Morgan fingerprint density at radius 3 is 2.90 bits per heavy atom. The number of carbonyl (C=O) groups is 1. The predicted octanol–water partition coefficient (Wildman–Crippen LogP) is 1.29. The summed E-state index contributed by atoms with van der Waals surface area (Å²) in [6.45, 7) is 2.74. The quantitative estimate of drug-likeness (QED) is 0.774. The fourth-order valence-electron chi connectivity index (χ4n) is 1.98. The van der Waals surface area contributed by atoms with Crippen molar-refractivity contribution in [2.45, 2.75) is 20.0 Å². The molecule has 7 heteroatoms. The van der Waals surface area contributed by atoms with E-state index < -0.39 is 0 Å². The van der Waals surface area contributed by atoms with E-state index in [0.29, 0.717) is 12.4 Å². The van der Waals surface area contributed by atoms with E-state index in [9.17, 15) is 4.79 Å². The summed E-state index contributed by atoms with van der Waals surface area (Å²) >= 11 is 0. The van der Waals surface area contributed by atoms with E-state index in [-0.39, 0.29) is 12.5 Å². The number of nitrogens with one attached hydrogen (secondary N) is 1. The van der Waals surface area contributed by atoms with E-state index in [2.05, 4.69) is 20.6 Å². The van der Waals surface area contributed by atoms with Gasteiger partial charge in [0.2, 0.25) is 5.91 Å². The third-order valence-electron chi connectivity index (χ3n) is 2.93. The summed E-state index contributed by atoms with van der Waals surface area (Å²) in [5.41, 5.74) is 0.930. The van der Waals surface area contributed by atoms with Crippen LogP contribution < -0.4 is 5.32 Å². The Bertz CT molecular complexity index is 744. The highest BCUT2D eigenvalue weighted by Gasteiger charge is 2.09. The molecule has 0 radical (unpaired) electrons. The molecule has 2 aromatic heterocycles. The molecule has 0 atom stereocenters. The second kappa shape index (κ2) is 5.12. The Balaban J connectivity index is 1.72. The first-order chi connectivity index (χ1) is 9.76. The van der Waals surface area contributed by atoms with Gasteiger partial charge in [0.05, 0.1) is 24.5 Å². The van der Waals surface area contributed by atoms with Crippen LogP contribution in [0.5, 0.6) is 0 Å². The average Bonchev–Trinajstić information content (AvgIpc) is 3.06. The number of hydrogen-bond donors (Lipinski definition) is 1. The van der Waals surface area contributed by atoms with E-state index in [0.717, 1.165) is 10.9 Å². The zero-order chi connectivity index (χ0) is 13.9. The Kier molecular flexibility index (Phi) is 3.16. The molecule has 0 unspecified atom stereocenters. The maximum Gasteiger partial charge on any atom is 0.247 e. The van der Waals surface area contributed by atoms with Crippen LogP contribution in [0.1, 0.15) is 6.92 Å². The van der Waals surface area contributed by atoms with Crippen molar-refractivity contribution in [2.75, 3.05) is 5.32 Å². The van der Waals surface area contributed by atoms with Crippen LogP contribution in [0.4, 0.5) is 5.82 Å². The fraction of sp³-hybridized carbons (Fsp3) is 0.231. The Morgan fingerprint density at radius 1 is 1.25 bits per heavy atom. The van der Waals surface area contributed by atoms with Gasteiger partial charge in [-0.2, -0.15) is 15.0 Å². The molecule has 1 aromatic carbocycles. The van der Waals surface area contributed by atoms with Crippen LogP contribution in [0, 0.1) is 0 Å². The van der Waals surface area contributed by atoms with Gasteiger partial charge in [-0.25, -0.2) is 0 Å². The van der Waals surface area contributed by atoms with Gasteiger partial charge in [0, 0.05) is 5.39 Å². The standard InChI is InChI=1S/C13H14N6O/c1-2-19-15-8-12(17-19)16-13(20)9-18-11-6-4-3-5-10(11)7-14-18/h3-8H,2,9H2,1H3,(H,16,17,20). The van der Waals surface area contributed by atoms with Crippen LogP contribution in [0.2, 0.25) is 0 Å². The van der Waals surface area contributed by atoms with Crippen molar-refractivity contribution in [1.82, 2.24) is 24.8 Å². The fourth-order valence-corrected chi connectivity index (χ4v) is 1.98. The number of aromatic nitrogens is 5. The SMILES string of the molecule is CCn1ncc(NC(=O)Cn2ncc3ccccc32)n1. The average molecular weight is 270 g/mol. The van der Waals surface area contributed by atoms with Gasteiger partial charge < -0.3 is 5.32 Å². The molecule has 2 heterocycles. The van der Waals surface area contributed by atoms with Crippen LogP contribution >= 0.6 is 0 Å². The molecule has 0 bridgehead atoms. The molecule has 0 aliphatic heterocycles. The molecule has 0 spiro atoms. The summed E-state index contributed by atoms with van der Waals surface area (Å²) in [4.78, 5) is 13.5. The number of amides is 1. The van der Waals surface area contributed by atoms with E-state index >= 15 is 0 Å². The molecule has 102 valence electrons. The molecule has 1 N–H and O–H groups in total. The van der Waals surface area contributed by atoms with Crippen molar-refractivity contribution in [2.24, 2.45) is 0 Å². The lowest BCUT2D eigenvalue weighted by molar-refractivity contribution is -0.116. The van der Waals surface area contributed by atoms with Crippen LogP contribution in [-0.2, 0) is 17.9 Å². The normalized spacial score (nSPS) is 10.8. The van der Waals surface area contributed by atoms with Crippen LogP contribution in [-0.4, -0.2) is 30.7 Å². The monoisotopic (exact) mass is 270 g/mol. The first-order valence-electron chi connectivity index (χ1n) is 6.37. The minimum absolute atomic E-state index is 0.145. The number of hydrogen-bond acceptors (Lipinski definition) is 4. The van der Waals surface area contributed by atoms with Crippen molar-refractivity contribution >= 4 is 22.6 Å². The molecule has 0 fully saturated rings. The van der Waals surface area contributed by atoms with Gasteiger partial charge >= 0.3 is 0 Å². The number of nitrogens with zero attached hydrogens (tertiary/aromatic N) is 5. The number of para-hydroxylation sites is 1. The van der Waals surface area contributed by atoms with Crippen molar-refractivity contribution in [3.8, 4) is 0 Å².